The molecule has 29 heavy (non-hydrogen) atoms. The first-order valence-electron chi connectivity index (χ1n) is 9.25. The molecule has 0 unspecified atom stereocenters. The summed E-state index contributed by atoms with van der Waals surface area (Å²) in [6.07, 6.45) is 1.44. The van der Waals surface area contributed by atoms with Crippen LogP contribution in [0.4, 0.5) is 5.69 Å². The van der Waals surface area contributed by atoms with Crippen molar-refractivity contribution in [1.29, 1.82) is 0 Å². The molecule has 1 aliphatic heterocycles. The van der Waals surface area contributed by atoms with Gasteiger partial charge in [-0.3, -0.25) is 9.59 Å². The molecule has 152 valence electrons. The molecule has 0 saturated carbocycles. The maximum atomic E-state index is 12.4. The number of amides is 2. The minimum Gasteiger partial charge on any atom is -0.504 e. The molecule has 8 nitrogen and oxygen atoms in total. The summed E-state index contributed by atoms with van der Waals surface area (Å²) in [6, 6.07) is 12.1. The monoisotopic (exact) mass is 397 g/mol. The first-order chi connectivity index (χ1) is 14.0. The number of hydrogen-bond acceptors (Lipinski definition) is 6. The third-order valence-corrected chi connectivity index (χ3v) is 4.58. The van der Waals surface area contributed by atoms with Gasteiger partial charge in [-0.1, -0.05) is 6.07 Å². The van der Waals surface area contributed by atoms with Crippen LogP contribution >= 0.6 is 0 Å². The zero-order valence-corrected chi connectivity index (χ0v) is 16.3. The number of nitrogens with one attached hydrogen (secondary N) is 1. The lowest BCUT2D eigenvalue weighted by molar-refractivity contribution is -0.126. The summed E-state index contributed by atoms with van der Waals surface area (Å²) in [5, 5.41) is 13.9. The Hall–Kier alpha value is -3.55. The number of phenolic OH excluding ortho intramolecular Hbond substituents is 1. The van der Waals surface area contributed by atoms with Crippen molar-refractivity contribution in [3.63, 3.8) is 0 Å². The number of hydrogen-bond donors (Lipinski definition) is 2. The Morgan fingerprint density at radius 3 is 2.76 bits per heavy atom. The highest BCUT2D eigenvalue weighted by molar-refractivity contribution is 6.00. The van der Waals surface area contributed by atoms with Gasteiger partial charge in [-0.2, -0.15) is 5.10 Å². The van der Waals surface area contributed by atoms with Crippen LogP contribution in [0.1, 0.15) is 18.9 Å². The topological polar surface area (TPSA) is 100 Å². The Morgan fingerprint density at radius 2 is 2.07 bits per heavy atom. The van der Waals surface area contributed by atoms with Crippen LogP contribution in [0.5, 0.6) is 17.2 Å². The van der Waals surface area contributed by atoms with Crippen molar-refractivity contribution in [3.8, 4) is 17.2 Å². The molecule has 1 aliphatic rings. The molecule has 0 bridgehead atoms. The van der Waals surface area contributed by atoms with Crippen LogP contribution in [0.3, 0.4) is 0 Å². The van der Waals surface area contributed by atoms with Gasteiger partial charge in [-0.25, -0.2) is 5.43 Å². The maximum Gasteiger partial charge on any atom is 0.245 e. The summed E-state index contributed by atoms with van der Waals surface area (Å²) in [6.45, 7) is 2.75. The van der Waals surface area contributed by atoms with Crippen LogP contribution in [0.2, 0.25) is 0 Å². The van der Waals surface area contributed by atoms with E-state index in [0.29, 0.717) is 17.9 Å². The standard InChI is InChI=1S/C21H23N3O5/c1-3-29-17-9-7-16(8-10-17)24-13-15(11-19(24)25)21(27)23-22-12-14-5-4-6-18(28-2)20(14)26/h4-10,12,15,26H,3,11,13H2,1-2H3,(H,23,27)/b22-12-/t15-/m1/s1. The number of benzene rings is 2. The number of rotatable bonds is 7. The Morgan fingerprint density at radius 1 is 1.31 bits per heavy atom. The molecule has 1 heterocycles. The van der Waals surface area contributed by atoms with Gasteiger partial charge in [-0.15, -0.1) is 0 Å². The fraction of sp³-hybridized carbons (Fsp3) is 0.286. The summed E-state index contributed by atoms with van der Waals surface area (Å²) in [4.78, 5) is 26.3. The van der Waals surface area contributed by atoms with Crippen molar-refractivity contribution in [2.45, 2.75) is 13.3 Å². The second-order valence-corrected chi connectivity index (χ2v) is 6.46. The van der Waals surface area contributed by atoms with E-state index in [1.165, 1.54) is 13.3 Å². The molecule has 0 aliphatic carbocycles. The predicted molar refractivity (Wildman–Crippen MR) is 108 cm³/mol. The normalized spacial score (nSPS) is 16.3. The number of phenols is 1. The molecule has 3 rings (SSSR count). The summed E-state index contributed by atoms with van der Waals surface area (Å²) in [7, 11) is 1.45. The Kier molecular flexibility index (Phi) is 6.33. The Bertz CT molecular complexity index is 911. The molecule has 0 aromatic heterocycles. The zero-order chi connectivity index (χ0) is 20.8. The minimum absolute atomic E-state index is 0.0642. The molecular formula is C21H23N3O5. The summed E-state index contributed by atoms with van der Waals surface area (Å²) >= 11 is 0. The Balaban J connectivity index is 1.60. The average Bonchev–Trinajstić information content (AvgIpc) is 3.12. The number of methoxy groups -OCH3 is 1. The fourth-order valence-corrected chi connectivity index (χ4v) is 3.09. The molecule has 2 aromatic rings. The van der Waals surface area contributed by atoms with E-state index >= 15 is 0 Å². The molecule has 8 heteroatoms. The predicted octanol–water partition coefficient (Wildman–Crippen LogP) is 2.30. The highest BCUT2D eigenvalue weighted by Crippen LogP contribution is 2.28. The highest BCUT2D eigenvalue weighted by Gasteiger charge is 2.35. The lowest BCUT2D eigenvalue weighted by Gasteiger charge is -2.17. The van der Waals surface area contributed by atoms with E-state index < -0.39 is 5.92 Å². The number of carbonyl (C=O) groups excluding carboxylic acids is 2. The minimum atomic E-state index is -0.509. The van der Waals surface area contributed by atoms with E-state index in [9.17, 15) is 14.7 Å². The van der Waals surface area contributed by atoms with Crippen LogP contribution < -0.4 is 19.8 Å². The van der Waals surface area contributed by atoms with Gasteiger partial charge in [0.25, 0.3) is 0 Å². The smallest absolute Gasteiger partial charge is 0.245 e. The third-order valence-electron chi connectivity index (χ3n) is 4.58. The van der Waals surface area contributed by atoms with Crippen molar-refractivity contribution in [2.24, 2.45) is 11.0 Å². The number of anilines is 1. The molecule has 0 radical (unpaired) electrons. The maximum absolute atomic E-state index is 12.4. The van der Waals surface area contributed by atoms with E-state index in [4.69, 9.17) is 9.47 Å². The van der Waals surface area contributed by atoms with Crippen LogP contribution in [0.15, 0.2) is 47.6 Å². The zero-order valence-electron chi connectivity index (χ0n) is 16.3. The van der Waals surface area contributed by atoms with E-state index in [-0.39, 0.29) is 30.5 Å². The van der Waals surface area contributed by atoms with Gasteiger partial charge in [-0.05, 0) is 43.3 Å². The number of para-hydroxylation sites is 1. The van der Waals surface area contributed by atoms with Crippen LogP contribution in [0.25, 0.3) is 0 Å². The van der Waals surface area contributed by atoms with Crippen molar-refractivity contribution in [3.05, 3.63) is 48.0 Å². The van der Waals surface area contributed by atoms with Crippen molar-refractivity contribution < 1.29 is 24.2 Å². The summed E-state index contributed by atoms with van der Waals surface area (Å²) in [5.74, 6) is -0.00928. The van der Waals surface area contributed by atoms with Gasteiger partial charge in [0.15, 0.2) is 11.5 Å². The molecule has 2 amide bonds. The second-order valence-electron chi connectivity index (χ2n) is 6.46. The summed E-state index contributed by atoms with van der Waals surface area (Å²) in [5.41, 5.74) is 3.56. The quantitative estimate of drug-likeness (QED) is 0.552. The van der Waals surface area contributed by atoms with Gasteiger partial charge in [0.2, 0.25) is 11.8 Å². The number of hydrazone groups is 1. The van der Waals surface area contributed by atoms with Crippen molar-refractivity contribution in [1.82, 2.24) is 5.43 Å². The van der Waals surface area contributed by atoms with Crippen molar-refractivity contribution >= 4 is 23.7 Å². The molecular weight excluding hydrogens is 374 g/mol. The van der Waals surface area contributed by atoms with E-state index in [1.54, 1.807) is 47.4 Å². The van der Waals surface area contributed by atoms with Gasteiger partial charge in [0, 0.05) is 24.2 Å². The van der Waals surface area contributed by atoms with E-state index in [2.05, 4.69) is 10.5 Å². The molecule has 1 saturated heterocycles. The summed E-state index contributed by atoms with van der Waals surface area (Å²) < 4.78 is 10.4. The third kappa shape index (κ3) is 4.66. The van der Waals surface area contributed by atoms with Gasteiger partial charge in [0.1, 0.15) is 5.75 Å². The number of nitrogens with zero attached hydrogens (tertiary/aromatic N) is 2. The van der Waals surface area contributed by atoms with Gasteiger partial charge in [0.05, 0.1) is 25.8 Å². The first kappa shape index (κ1) is 20.2. The van der Waals surface area contributed by atoms with Crippen LogP contribution in [-0.4, -0.2) is 43.4 Å². The number of carbonyl (C=O) groups is 2. The lowest BCUT2D eigenvalue weighted by Crippen LogP contribution is -2.30. The lowest BCUT2D eigenvalue weighted by atomic mass is 10.1. The van der Waals surface area contributed by atoms with E-state index in [0.717, 1.165) is 11.4 Å². The molecule has 0 spiro atoms. The molecule has 2 N–H and O–H groups in total. The van der Waals surface area contributed by atoms with Gasteiger partial charge >= 0.3 is 0 Å². The second kappa shape index (κ2) is 9.09. The van der Waals surface area contributed by atoms with Gasteiger partial charge < -0.3 is 19.5 Å². The molecule has 1 fully saturated rings. The SMILES string of the molecule is CCOc1ccc(N2C[C@H](C(=O)N/N=C\c3cccc(OC)c3O)CC2=O)cc1. The largest absolute Gasteiger partial charge is 0.504 e. The Labute approximate surface area is 168 Å². The number of aromatic hydroxyl groups is 1. The first-order valence-corrected chi connectivity index (χ1v) is 9.25. The van der Waals surface area contributed by atoms with E-state index in [1.807, 2.05) is 6.92 Å². The highest BCUT2D eigenvalue weighted by atomic mass is 16.5. The average molecular weight is 397 g/mol. The van der Waals surface area contributed by atoms with Crippen LogP contribution in [-0.2, 0) is 9.59 Å². The van der Waals surface area contributed by atoms with Crippen molar-refractivity contribution in [2.75, 3.05) is 25.2 Å². The number of ether oxygens (including phenoxy) is 2. The van der Waals surface area contributed by atoms with Crippen LogP contribution in [0, 0.1) is 5.92 Å². The fourth-order valence-electron chi connectivity index (χ4n) is 3.09. The molecule has 2 aromatic carbocycles. The molecule has 1 atom stereocenters.